The third kappa shape index (κ3) is 8.88. The summed E-state index contributed by atoms with van der Waals surface area (Å²) in [6, 6.07) is 8.36. The highest BCUT2D eigenvalue weighted by atomic mass is 19.4. The fraction of sp³-hybridized carbons (Fsp3) is 0.240. The van der Waals surface area contributed by atoms with E-state index in [-0.39, 0.29) is 5.56 Å². The van der Waals surface area contributed by atoms with E-state index in [1.807, 2.05) is 6.07 Å². The fourth-order valence-electron chi connectivity index (χ4n) is 3.22. The van der Waals surface area contributed by atoms with Gasteiger partial charge in [-0.3, -0.25) is 4.98 Å². The molecule has 0 aliphatic rings. The van der Waals surface area contributed by atoms with Crippen LogP contribution in [0, 0.1) is 13.8 Å². The molecule has 0 unspecified atom stereocenters. The van der Waals surface area contributed by atoms with Crippen LogP contribution in [0.4, 0.5) is 50.0 Å². The Bertz CT molecular complexity index is 1340. The topological polar surface area (TPSA) is 91.3 Å². The van der Waals surface area contributed by atoms with Crippen molar-refractivity contribution in [3.63, 3.8) is 0 Å². The van der Waals surface area contributed by atoms with Gasteiger partial charge in [-0.1, -0.05) is 24.3 Å². The minimum Gasteiger partial charge on any atom is -0.475 e. The predicted molar refractivity (Wildman–Crippen MR) is 124 cm³/mol. The summed E-state index contributed by atoms with van der Waals surface area (Å²) in [6.07, 6.45) is -13.4. The van der Waals surface area contributed by atoms with Crippen LogP contribution in [-0.2, 0) is 17.1 Å². The van der Waals surface area contributed by atoms with E-state index in [1.165, 1.54) is 0 Å². The molecule has 0 fully saturated rings. The van der Waals surface area contributed by atoms with E-state index in [0.717, 1.165) is 53.7 Å². The van der Waals surface area contributed by atoms with Gasteiger partial charge in [0.2, 0.25) is 0 Å². The number of halogens is 9. The van der Waals surface area contributed by atoms with E-state index in [0.29, 0.717) is 5.69 Å². The van der Waals surface area contributed by atoms with E-state index < -0.39 is 53.4 Å². The number of rotatable bonds is 4. The van der Waals surface area contributed by atoms with Gasteiger partial charge in [0, 0.05) is 11.9 Å². The van der Waals surface area contributed by atoms with Crippen molar-refractivity contribution in [1.29, 1.82) is 0 Å². The lowest BCUT2D eigenvalue weighted by Crippen LogP contribution is -2.35. The minimum absolute atomic E-state index is 0.00307. The van der Waals surface area contributed by atoms with Gasteiger partial charge in [-0.05, 0) is 60.9 Å². The smallest absolute Gasteiger partial charge is 0.475 e. The summed E-state index contributed by atoms with van der Waals surface area (Å²) in [5.41, 5.74) is -0.612. The number of anilines is 1. The standard InChI is InChI=1S/C23H19F6N3O.C2HF3O2/c1-13-5-6-14(2)18(12-13)31-21(33)32-19(15-7-9-16(10-8-15)22(24,25)26)20-17(23(27,28)29)4-3-11-30-20;3-2(4,5)1(6)7/h3-12,19H,1-2H3,(H2,31,32,33);(H,6,7)/t19-;/m0./s1. The highest BCUT2D eigenvalue weighted by molar-refractivity contribution is 5.90. The van der Waals surface area contributed by atoms with E-state index in [1.54, 1.807) is 26.0 Å². The number of hydrogen-bond donors (Lipinski definition) is 3. The summed E-state index contributed by atoms with van der Waals surface area (Å²) in [6.45, 7) is 3.54. The van der Waals surface area contributed by atoms with Gasteiger partial charge in [0.1, 0.15) is 0 Å². The molecule has 6 nitrogen and oxygen atoms in total. The molecule has 3 aromatic rings. The van der Waals surface area contributed by atoms with Crippen molar-refractivity contribution >= 4 is 17.7 Å². The fourth-order valence-corrected chi connectivity index (χ4v) is 3.22. The van der Waals surface area contributed by atoms with Crippen molar-refractivity contribution in [1.82, 2.24) is 10.3 Å². The number of benzene rings is 2. The lowest BCUT2D eigenvalue weighted by Gasteiger charge is -2.23. The number of aliphatic carboxylic acids is 1. The SMILES string of the molecule is Cc1ccc(C)c(NC(=O)N[C@@H](c2ccc(C(F)(F)F)cc2)c2ncccc2C(F)(F)F)c1.O=C(O)C(F)(F)F. The summed E-state index contributed by atoms with van der Waals surface area (Å²) in [7, 11) is 0. The molecule has 0 aliphatic carbocycles. The summed E-state index contributed by atoms with van der Waals surface area (Å²) in [4.78, 5) is 25.4. The van der Waals surface area contributed by atoms with Crippen molar-refractivity contribution in [3.8, 4) is 0 Å². The zero-order valence-electron chi connectivity index (χ0n) is 20.5. The van der Waals surface area contributed by atoms with Crippen LogP contribution in [-0.4, -0.2) is 28.3 Å². The summed E-state index contributed by atoms with van der Waals surface area (Å²) in [5, 5.41) is 12.1. The zero-order chi connectivity index (χ0) is 30.5. The van der Waals surface area contributed by atoms with Crippen molar-refractivity contribution in [2.75, 3.05) is 5.32 Å². The van der Waals surface area contributed by atoms with Crippen LogP contribution in [0.25, 0.3) is 0 Å². The van der Waals surface area contributed by atoms with Gasteiger partial charge in [0.05, 0.1) is 22.9 Å². The maximum absolute atomic E-state index is 13.6. The van der Waals surface area contributed by atoms with Gasteiger partial charge in [0.15, 0.2) is 0 Å². The first-order valence-electron chi connectivity index (χ1n) is 10.9. The maximum atomic E-state index is 13.6. The average molecular weight is 581 g/mol. The Balaban J connectivity index is 0.000000708. The molecule has 0 aliphatic heterocycles. The molecule has 0 bridgehead atoms. The molecule has 1 heterocycles. The number of pyridine rings is 1. The molecule has 0 saturated heterocycles. The lowest BCUT2D eigenvalue weighted by atomic mass is 9.98. The number of aromatic nitrogens is 1. The molecule has 3 N–H and O–H groups in total. The number of urea groups is 1. The van der Waals surface area contributed by atoms with Crippen molar-refractivity contribution in [3.05, 3.63) is 94.3 Å². The van der Waals surface area contributed by atoms with Gasteiger partial charge >= 0.3 is 30.5 Å². The third-order valence-corrected chi connectivity index (χ3v) is 5.15. The largest absolute Gasteiger partial charge is 0.490 e. The highest BCUT2D eigenvalue weighted by Crippen LogP contribution is 2.36. The minimum atomic E-state index is -5.08. The number of alkyl halides is 9. The first-order valence-corrected chi connectivity index (χ1v) is 10.9. The molecule has 0 radical (unpaired) electrons. The van der Waals surface area contributed by atoms with Crippen LogP contribution in [0.2, 0.25) is 0 Å². The normalized spacial score (nSPS) is 12.6. The quantitative estimate of drug-likeness (QED) is 0.283. The van der Waals surface area contributed by atoms with Crippen LogP contribution >= 0.6 is 0 Å². The molecule has 40 heavy (non-hydrogen) atoms. The summed E-state index contributed by atoms with van der Waals surface area (Å²) in [5.74, 6) is -2.76. The Morgan fingerprint density at radius 3 is 1.93 bits per heavy atom. The molecule has 15 heteroatoms. The number of amides is 2. The molecule has 1 aromatic heterocycles. The monoisotopic (exact) mass is 581 g/mol. The van der Waals surface area contributed by atoms with Gasteiger partial charge in [-0.2, -0.15) is 39.5 Å². The first kappa shape index (κ1) is 31.9. The van der Waals surface area contributed by atoms with E-state index in [9.17, 15) is 44.3 Å². The second kappa shape index (κ2) is 12.3. The van der Waals surface area contributed by atoms with Crippen LogP contribution in [0.1, 0.15) is 39.6 Å². The maximum Gasteiger partial charge on any atom is 0.490 e. The number of nitrogens with one attached hydrogen (secondary N) is 2. The lowest BCUT2D eigenvalue weighted by molar-refractivity contribution is -0.192. The molecular weight excluding hydrogens is 561 g/mol. The van der Waals surface area contributed by atoms with Gasteiger partial charge in [-0.25, -0.2) is 9.59 Å². The van der Waals surface area contributed by atoms with Gasteiger partial charge < -0.3 is 15.7 Å². The van der Waals surface area contributed by atoms with Crippen molar-refractivity contribution < 1.29 is 54.2 Å². The second-order valence-electron chi connectivity index (χ2n) is 8.21. The second-order valence-corrected chi connectivity index (χ2v) is 8.21. The number of carbonyl (C=O) groups is 2. The van der Waals surface area contributed by atoms with Crippen molar-refractivity contribution in [2.24, 2.45) is 0 Å². The van der Waals surface area contributed by atoms with Crippen molar-refractivity contribution in [2.45, 2.75) is 38.4 Å². The Morgan fingerprint density at radius 1 is 0.850 bits per heavy atom. The van der Waals surface area contributed by atoms with E-state index in [4.69, 9.17) is 9.90 Å². The Kier molecular flexibility index (Phi) is 9.78. The highest BCUT2D eigenvalue weighted by Gasteiger charge is 2.39. The van der Waals surface area contributed by atoms with Crippen LogP contribution < -0.4 is 10.6 Å². The third-order valence-electron chi connectivity index (χ3n) is 5.15. The van der Waals surface area contributed by atoms with Gasteiger partial charge in [0.25, 0.3) is 0 Å². The molecule has 2 amide bonds. The number of hydrogen-bond acceptors (Lipinski definition) is 3. The zero-order valence-corrected chi connectivity index (χ0v) is 20.5. The van der Waals surface area contributed by atoms with Crippen LogP contribution in [0.15, 0.2) is 60.8 Å². The summed E-state index contributed by atoms with van der Waals surface area (Å²) < 4.78 is 111. The number of carbonyl (C=O) groups excluding carboxylic acids is 1. The average Bonchev–Trinajstić information content (AvgIpc) is 2.84. The van der Waals surface area contributed by atoms with E-state index >= 15 is 0 Å². The first-order chi connectivity index (χ1) is 18.3. The van der Waals surface area contributed by atoms with Gasteiger partial charge in [-0.15, -0.1) is 0 Å². The number of nitrogens with zero attached hydrogens (tertiary/aromatic N) is 1. The summed E-state index contributed by atoms with van der Waals surface area (Å²) >= 11 is 0. The molecule has 3 rings (SSSR count). The Morgan fingerprint density at radius 2 is 1.43 bits per heavy atom. The number of carboxylic acids is 1. The molecule has 1 atom stereocenters. The van der Waals surface area contributed by atoms with E-state index in [2.05, 4.69) is 15.6 Å². The van der Waals surface area contributed by atoms with Crippen LogP contribution in [0.5, 0.6) is 0 Å². The molecule has 2 aromatic carbocycles. The molecular formula is C25H20F9N3O3. The Labute approximate surface area is 220 Å². The predicted octanol–water partition coefficient (Wildman–Crippen LogP) is 7.28. The number of carboxylic acid groups (broad SMARTS) is 1. The molecule has 0 spiro atoms. The number of aryl methyl sites for hydroxylation is 2. The van der Waals surface area contributed by atoms with Crippen LogP contribution in [0.3, 0.4) is 0 Å². The molecule has 216 valence electrons. The molecule has 0 saturated carbocycles. The Hall–Kier alpha value is -4.30.